The van der Waals surface area contributed by atoms with Gasteiger partial charge in [-0.05, 0) is 12.8 Å². The van der Waals surface area contributed by atoms with Gasteiger partial charge in [0, 0.05) is 6.42 Å². The smallest absolute Gasteiger partial charge is 0.323 e. The fraction of sp³-hybridized carbons (Fsp3) is 0.688. The second-order valence-corrected chi connectivity index (χ2v) is 5.94. The van der Waals surface area contributed by atoms with Crippen molar-refractivity contribution in [3.8, 4) is 0 Å². The van der Waals surface area contributed by atoms with Crippen LogP contribution < -0.4 is 0 Å². The van der Waals surface area contributed by atoms with Gasteiger partial charge in [0.05, 0.1) is 41.5 Å². The normalized spacial score (nSPS) is 18.2. The maximum Gasteiger partial charge on any atom is 0.323 e. The maximum absolute atomic E-state index is 12.5. The van der Waals surface area contributed by atoms with Crippen LogP contribution in [0.2, 0.25) is 0 Å². The lowest BCUT2D eigenvalue weighted by Gasteiger charge is -2.43. The van der Waals surface area contributed by atoms with Gasteiger partial charge in [-0.1, -0.05) is 0 Å². The molecule has 0 saturated heterocycles. The van der Waals surface area contributed by atoms with E-state index < -0.39 is 53.0 Å². The first-order valence-electron chi connectivity index (χ1n) is 7.60. The van der Waals surface area contributed by atoms with E-state index in [-0.39, 0.29) is 12.8 Å². The van der Waals surface area contributed by atoms with Gasteiger partial charge in [-0.2, -0.15) is 0 Å². The minimum Gasteiger partial charge on any atom is -0.469 e. The summed E-state index contributed by atoms with van der Waals surface area (Å²) in [7, 11) is 5.24. The highest BCUT2D eigenvalue weighted by molar-refractivity contribution is 6.06. The summed E-state index contributed by atoms with van der Waals surface area (Å²) < 4.78 is 23.5. The first-order valence-corrected chi connectivity index (χ1v) is 7.60. The quantitative estimate of drug-likeness (QED) is 0.356. The van der Waals surface area contributed by atoms with E-state index in [4.69, 9.17) is 18.9 Å². The lowest BCUT2D eigenvalue weighted by atomic mass is 9.58. The fourth-order valence-electron chi connectivity index (χ4n) is 3.48. The zero-order chi connectivity index (χ0) is 20.1. The van der Waals surface area contributed by atoms with Crippen LogP contribution in [0.5, 0.6) is 0 Å². The van der Waals surface area contributed by atoms with E-state index in [2.05, 4.69) is 4.74 Å². The molecule has 10 heteroatoms. The molecule has 1 saturated carbocycles. The van der Waals surface area contributed by atoms with Gasteiger partial charge in [0.2, 0.25) is 0 Å². The molecule has 1 rings (SSSR count). The second kappa shape index (κ2) is 8.15. The van der Waals surface area contributed by atoms with Gasteiger partial charge in [0.25, 0.3) is 0 Å². The predicted octanol–water partition coefficient (Wildman–Crippen LogP) is -0.376. The predicted molar refractivity (Wildman–Crippen MR) is 82.3 cm³/mol. The van der Waals surface area contributed by atoms with E-state index in [1.54, 1.807) is 0 Å². The zero-order valence-electron chi connectivity index (χ0n) is 15.3. The highest BCUT2D eigenvalue weighted by atomic mass is 16.6. The van der Waals surface area contributed by atoms with Crippen molar-refractivity contribution >= 4 is 29.8 Å². The number of methoxy groups -OCH3 is 5. The van der Waals surface area contributed by atoms with Gasteiger partial charge in [0.15, 0.2) is 10.8 Å². The summed E-state index contributed by atoms with van der Waals surface area (Å²) >= 11 is 0. The molecule has 1 aliphatic rings. The average Bonchev–Trinajstić information content (AvgIpc) is 2.69. The van der Waals surface area contributed by atoms with E-state index >= 15 is 0 Å². The molecule has 10 nitrogen and oxygen atoms in total. The summed E-state index contributed by atoms with van der Waals surface area (Å²) in [5.74, 6) is -6.14. The largest absolute Gasteiger partial charge is 0.469 e. The third-order valence-corrected chi connectivity index (χ3v) is 4.63. The SMILES string of the molecule is COC(=O)C1CC(C(=O)OC)(C(=O)OC)CC(C(=O)OC)(C(=O)OC)C1. The average molecular weight is 374 g/mol. The third kappa shape index (κ3) is 3.35. The molecule has 0 aliphatic heterocycles. The molecule has 0 aromatic carbocycles. The molecular formula is C16H22O10. The number of hydrogen-bond donors (Lipinski definition) is 0. The van der Waals surface area contributed by atoms with Crippen LogP contribution in [0, 0.1) is 16.7 Å². The molecule has 0 radical (unpaired) electrons. The molecule has 1 aliphatic carbocycles. The molecule has 0 aromatic rings. The maximum atomic E-state index is 12.5. The molecule has 0 spiro atoms. The topological polar surface area (TPSA) is 132 Å². The summed E-state index contributed by atoms with van der Waals surface area (Å²) in [4.78, 5) is 62.1. The Balaban J connectivity index is 3.68. The van der Waals surface area contributed by atoms with Gasteiger partial charge in [-0.3, -0.25) is 24.0 Å². The Morgan fingerprint density at radius 1 is 0.615 bits per heavy atom. The number of carbonyl (C=O) groups is 5. The summed E-state index contributed by atoms with van der Waals surface area (Å²) in [5, 5.41) is 0. The molecule has 1 fully saturated rings. The Bertz CT molecular complexity index is 532. The molecule has 26 heavy (non-hydrogen) atoms. The van der Waals surface area contributed by atoms with E-state index in [9.17, 15) is 24.0 Å². The number of hydrogen-bond acceptors (Lipinski definition) is 10. The first kappa shape index (κ1) is 21.4. The Morgan fingerprint density at radius 2 is 0.923 bits per heavy atom. The summed E-state index contributed by atoms with van der Waals surface area (Å²) in [6.07, 6.45) is -1.32. The van der Waals surface area contributed by atoms with Crippen molar-refractivity contribution < 1.29 is 47.7 Å². The van der Waals surface area contributed by atoms with Gasteiger partial charge in [-0.15, -0.1) is 0 Å². The molecule has 0 bridgehead atoms. The van der Waals surface area contributed by atoms with Crippen molar-refractivity contribution in [2.24, 2.45) is 16.7 Å². The van der Waals surface area contributed by atoms with Gasteiger partial charge in [-0.25, -0.2) is 0 Å². The fourth-order valence-corrected chi connectivity index (χ4v) is 3.48. The van der Waals surface area contributed by atoms with E-state index in [1.807, 2.05) is 0 Å². The monoisotopic (exact) mass is 374 g/mol. The number of ether oxygens (including phenoxy) is 5. The third-order valence-electron chi connectivity index (χ3n) is 4.63. The summed E-state index contributed by atoms with van der Waals surface area (Å²) in [6.45, 7) is 0. The molecule has 146 valence electrons. The first-order chi connectivity index (χ1) is 12.2. The van der Waals surface area contributed by atoms with Crippen LogP contribution >= 0.6 is 0 Å². The molecule has 0 amide bonds. The minimum absolute atomic E-state index is 0.352. The summed E-state index contributed by atoms with van der Waals surface area (Å²) in [6, 6.07) is 0. The standard InChI is InChI=1S/C16H22O10/c1-22-10(17)9-6-15(11(18)23-2,12(19)24-3)8-16(7-9,13(20)25-4)14(21)26-5/h9H,6-8H2,1-5H3. The Hall–Kier alpha value is -2.65. The second-order valence-electron chi connectivity index (χ2n) is 5.94. The van der Waals surface area contributed by atoms with Gasteiger partial charge >= 0.3 is 29.8 Å². The highest BCUT2D eigenvalue weighted by Gasteiger charge is 2.66. The number of rotatable bonds is 5. The van der Waals surface area contributed by atoms with E-state index in [0.717, 1.165) is 35.5 Å². The summed E-state index contributed by atoms with van der Waals surface area (Å²) in [5.41, 5.74) is -4.16. The van der Waals surface area contributed by atoms with Crippen molar-refractivity contribution in [2.75, 3.05) is 35.5 Å². The molecule has 0 atom stereocenters. The van der Waals surface area contributed by atoms with Crippen LogP contribution in [0.3, 0.4) is 0 Å². The highest BCUT2D eigenvalue weighted by Crippen LogP contribution is 2.52. The Labute approximate surface area is 150 Å². The zero-order valence-corrected chi connectivity index (χ0v) is 15.3. The number of carbonyl (C=O) groups excluding carboxylic acids is 5. The van der Waals surface area contributed by atoms with Crippen molar-refractivity contribution in [2.45, 2.75) is 19.3 Å². The van der Waals surface area contributed by atoms with Crippen molar-refractivity contribution in [1.29, 1.82) is 0 Å². The van der Waals surface area contributed by atoms with Crippen LogP contribution in [-0.4, -0.2) is 65.4 Å². The Morgan fingerprint density at radius 3 is 1.15 bits per heavy atom. The van der Waals surface area contributed by atoms with Crippen LogP contribution in [-0.2, 0) is 47.7 Å². The minimum atomic E-state index is -2.08. The molecule has 0 heterocycles. The number of esters is 5. The van der Waals surface area contributed by atoms with Crippen LogP contribution in [0.15, 0.2) is 0 Å². The van der Waals surface area contributed by atoms with Crippen LogP contribution in [0.4, 0.5) is 0 Å². The van der Waals surface area contributed by atoms with Gasteiger partial charge in [0.1, 0.15) is 0 Å². The lowest BCUT2D eigenvalue weighted by Crippen LogP contribution is -2.57. The molecule has 0 unspecified atom stereocenters. The van der Waals surface area contributed by atoms with E-state index in [1.165, 1.54) is 0 Å². The van der Waals surface area contributed by atoms with Crippen molar-refractivity contribution in [1.82, 2.24) is 0 Å². The molecule has 0 aromatic heterocycles. The molecule has 0 N–H and O–H groups in total. The molecular weight excluding hydrogens is 352 g/mol. The van der Waals surface area contributed by atoms with Gasteiger partial charge < -0.3 is 23.7 Å². The van der Waals surface area contributed by atoms with E-state index in [0.29, 0.717) is 0 Å². The van der Waals surface area contributed by atoms with Crippen molar-refractivity contribution in [3.63, 3.8) is 0 Å². The van der Waals surface area contributed by atoms with Crippen LogP contribution in [0.1, 0.15) is 19.3 Å². The van der Waals surface area contributed by atoms with Crippen molar-refractivity contribution in [3.05, 3.63) is 0 Å². The Kier molecular flexibility index (Phi) is 6.71. The van der Waals surface area contributed by atoms with Crippen LogP contribution in [0.25, 0.3) is 0 Å². The lowest BCUT2D eigenvalue weighted by molar-refractivity contribution is -0.190.